The van der Waals surface area contributed by atoms with Gasteiger partial charge in [-0.05, 0) is 22.6 Å². The number of tetrazole rings is 1. The van der Waals surface area contributed by atoms with Crippen molar-refractivity contribution in [3.8, 4) is 0 Å². The van der Waals surface area contributed by atoms with Gasteiger partial charge in [-0.3, -0.25) is 4.90 Å². The van der Waals surface area contributed by atoms with Crippen molar-refractivity contribution in [2.75, 3.05) is 26.3 Å². The van der Waals surface area contributed by atoms with Gasteiger partial charge in [0.1, 0.15) is 12.3 Å². The molecule has 0 aromatic carbocycles. The van der Waals surface area contributed by atoms with Crippen LogP contribution in [0, 0.1) is 0 Å². The minimum Gasteiger partial charge on any atom is -0.475 e. The summed E-state index contributed by atoms with van der Waals surface area (Å²) in [5, 5.41) is 20.4. The van der Waals surface area contributed by atoms with Gasteiger partial charge < -0.3 is 14.3 Å². The fraction of sp³-hybridized carbons (Fsp3) is 0.500. The molecule has 0 unspecified atom stereocenters. The Morgan fingerprint density at radius 1 is 1.29 bits per heavy atom. The van der Waals surface area contributed by atoms with Gasteiger partial charge >= 0.3 is 5.97 Å². The van der Waals surface area contributed by atoms with Gasteiger partial charge in [0.25, 0.3) is 0 Å². The third kappa shape index (κ3) is 3.26. The number of carboxylic acid groups (broad SMARTS) is 1. The van der Waals surface area contributed by atoms with Gasteiger partial charge in [0.2, 0.25) is 5.76 Å². The molecule has 1 fully saturated rings. The molecule has 0 bridgehead atoms. The molecule has 9 heteroatoms. The van der Waals surface area contributed by atoms with Crippen LogP contribution in [0.15, 0.2) is 16.5 Å². The summed E-state index contributed by atoms with van der Waals surface area (Å²) in [5.41, 5.74) is 0. The monoisotopic (exact) mass is 293 g/mol. The molecule has 3 rings (SSSR count). The zero-order valence-corrected chi connectivity index (χ0v) is 11.3. The van der Waals surface area contributed by atoms with E-state index in [-0.39, 0.29) is 5.76 Å². The first-order valence-electron chi connectivity index (χ1n) is 6.59. The summed E-state index contributed by atoms with van der Waals surface area (Å²) in [6, 6.07) is 3.04. The van der Waals surface area contributed by atoms with E-state index in [2.05, 4.69) is 20.4 Å². The van der Waals surface area contributed by atoms with E-state index in [1.807, 2.05) is 0 Å². The lowest BCUT2D eigenvalue weighted by atomic mass is 10.4. The predicted molar refractivity (Wildman–Crippen MR) is 68.7 cm³/mol. The van der Waals surface area contributed by atoms with Crippen LogP contribution < -0.4 is 0 Å². The van der Waals surface area contributed by atoms with Crippen LogP contribution >= 0.6 is 0 Å². The number of aromatic carboxylic acids is 1. The predicted octanol–water partition coefficient (Wildman–Crippen LogP) is -0.155. The van der Waals surface area contributed by atoms with Crippen LogP contribution in [0.2, 0.25) is 0 Å². The number of nitrogens with zero attached hydrogens (tertiary/aromatic N) is 5. The van der Waals surface area contributed by atoms with Crippen molar-refractivity contribution in [1.29, 1.82) is 0 Å². The third-order valence-corrected chi connectivity index (χ3v) is 3.25. The quantitative estimate of drug-likeness (QED) is 0.810. The van der Waals surface area contributed by atoms with E-state index in [0.29, 0.717) is 37.9 Å². The first-order chi connectivity index (χ1) is 10.2. The molecule has 2 aromatic rings. The van der Waals surface area contributed by atoms with Crippen LogP contribution in [0.4, 0.5) is 0 Å². The summed E-state index contributed by atoms with van der Waals surface area (Å²) in [5.74, 6) is 0.0346. The fourth-order valence-electron chi connectivity index (χ4n) is 2.14. The molecule has 0 spiro atoms. The number of carboxylic acids is 1. The summed E-state index contributed by atoms with van der Waals surface area (Å²) in [4.78, 5) is 13.0. The highest BCUT2D eigenvalue weighted by Crippen LogP contribution is 2.11. The summed E-state index contributed by atoms with van der Waals surface area (Å²) < 4.78 is 12.1. The SMILES string of the molecule is O=C(O)c1ccc(Cn2nnnc2CN2CCOCC2)o1. The van der Waals surface area contributed by atoms with Crippen LogP contribution in [-0.4, -0.2) is 62.5 Å². The molecule has 1 aliphatic heterocycles. The molecule has 2 aromatic heterocycles. The number of furan rings is 1. The van der Waals surface area contributed by atoms with Crippen LogP contribution in [0.3, 0.4) is 0 Å². The molecule has 1 N–H and O–H groups in total. The van der Waals surface area contributed by atoms with Crippen LogP contribution in [0.1, 0.15) is 22.1 Å². The maximum atomic E-state index is 10.8. The normalized spacial score (nSPS) is 16.2. The Morgan fingerprint density at radius 3 is 2.81 bits per heavy atom. The third-order valence-electron chi connectivity index (χ3n) is 3.25. The topological polar surface area (TPSA) is 107 Å². The van der Waals surface area contributed by atoms with Gasteiger partial charge in [-0.25, -0.2) is 9.48 Å². The van der Waals surface area contributed by atoms with Gasteiger partial charge in [-0.2, -0.15) is 0 Å². The highest BCUT2D eigenvalue weighted by atomic mass is 16.5. The molecule has 3 heterocycles. The van der Waals surface area contributed by atoms with Gasteiger partial charge in [-0.1, -0.05) is 0 Å². The second-order valence-corrected chi connectivity index (χ2v) is 4.71. The lowest BCUT2D eigenvalue weighted by molar-refractivity contribution is 0.0324. The largest absolute Gasteiger partial charge is 0.475 e. The van der Waals surface area contributed by atoms with E-state index in [4.69, 9.17) is 14.3 Å². The average molecular weight is 293 g/mol. The molecule has 0 radical (unpaired) electrons. The highest BCUT2D eigenvalue weighted by Gasteiger charge is 2.16. The van der Waals surface area contributed by atoms with Crippen LogP contribution in [0.25, 0.3) is 0 Å². The molecule has 0 aliphatic carbocycles. The Bertz CT molecular complexity index is 617. The highest BCUT2D eigenvalue weighted by molar-refractivity contribution is 5.84. The molecule has 0 saturated carbocycles. The van der Waals surface area contributed by atoms with Crippen LogP contribution in [-0.2, 0) is 17.8 Å². The number of carbonyl (C=O) groups is 1. The maximum Gasteiger partial charge on any atom is 0.371 e. The number of morpholine rings is 1. The molecule has 112 valence electrons. The lowest BCUT2D eigenvalue weighted by Crippen LogP contribution is -2.36. The Morgan fingerprint density at radius 2 is 2.10 bits per heavy atom. The second-order valence-electron chi connectivity index (χ2n) is 4.71. The number of ether oxygens (including phenoxy) is 1. The first kappa shape index (κ1) is 13.7. The van der Waals surface area contributed by atoms with Crippen molar-refractivity contribution < 1.29 is 19.1 Å². The molecule has 9 nitrogen and oxygen atoms in total. The number of hydrogen-bond acceptors (Lipinski definition) is 7. The van der Waals surface area contributed by atoms with E-state index in [1.54, 1.807) is 10.7 Å². The average Bonchev–Trinajstić information content (AvgIpc) is 3.11. The van der Waals surface area contributed by atoms with Crippen molar-refractivity contribution in [2.24, 2.45) is 0 Å². The Labute approximate surface area is 120 Å². The number of aromatic nitrogens is 4. The molecule has 0 atom stereocenters. The van der Waals surface area contributed by atoms with Crippen molar-refractivity contribution in [3.05, 3.63) is 29.5 Å². The minimum atomic E-state index is -1.09. The van der Waals surface area contributed by atoms with Crippen molar-refractivity contribution in [1.82, 2.24) is 25.1 Å². The fourth-order valence-corrected chi connectivity index (χ4v) is 2.14. The van der Waals surface area contributed by atoms with E-state index in [1.165, 1.54) is 6.07 Å². The summed E-state index contributed by atoms with van der Waals surface area (Å²) >= 11 is 0. The summed E-state index contributed by atoms with van der Waals surface area (Å²) in [6.07, 6.45) is 0. The van der Waals surface area contributed by atoms with Crippen molar-refractivity contribution in [2.45, 2.75) is 13.1 Å². The minimum absolute atomic E-state index is 0.0900. The van der Waals surface area contributed by atoms with Gasteiger partial charge in [0, 0.05) is 13.1 Å². The Kier molecular flexibility index (Phi) is 3.93. The van der Waals surface area contributed by atoms with Gasteiger partial charge in [-0.15, -0.1) is 5.10 Å². The van der Waals surface area contributed by atoms with E-state index in [0.717, 1.165) is 13.1 Å². The van der Waals surface area contributed by atoms with Gasteiger partial charge in [0.05, 0.1) is 19.8 Å². The second kappa shape index (κ2) is 6.02. The maximum absolute atomic E-state index is 10.8. The van der Waals surface area contributed by atoms with E-state index >= 15 is 0 Å². The smallest absolute Gasteiger partial charge is 0.371 e. The number of rotatable bonds is 5. The number of hydrogen-bond donors (Lipinski definition) is 1. The standard InChI is InChI=1S/C12H15N5O4/c18-12(19)10-2-1-9(21-10)7-17-11(13-14-15-17)8-16-3-5-20-6-4-16/h1-2H,3-8H2,(H,18,19). The molecular weight excluding hydrogens is 278 g/mol. The molecule has 1 saturated heterocycles. The zero-order valence-electron chi connectivity index (χ0n) is 11.3. The summed E-state index contributed by atoms with van der Waals surface area (Å²) in [6.45, 7) is 4.04. The van der Waals surface area contributed by atoms with Crippen molar-refractivity contribution >= 4 is 5.97 Å². The lowest BCUT2D eigenvalue weighted by Gasteiger charge is -2.25. The van der Waals surface area contributed by atoms with E-state index < -0.39 is 5.97 Å². The molecule has 21 heavy (non-hydrogen) atoms. The molecular formula is C12H15N5O4. The van der Waals surface area contributed by atoms with Crippen molar-refractivity contribution in [3.63, 3.8) is 0 Å². The van der Waals surface area contributed by atoms with Gasteiger partial charge in [0.15, 0.2) is 5.82 Å². The Hall–Kier alpha value is -2.26. The first-order valence-corrected chi connectivity index (χ1v) is 6.59. The molecule has 1 aliphatic rings. The van der Waals surface area contributed by atoms with Crippen LogP contribution in [0.5, 0.6) is 0 Å². The zero-order chi connectivity index (χ0) is 14.7. The Balaban J connectivity index is 1.68. The summed E-state index contributed by atoms with van der Waals surface area (Å²) in [7, 11) is 0. The van der Waals surface area contributed by atoms with E-state index in [9.17, 15) is 4.79 Å². The molecule has 0 amide bonds.